The summed E-state index contributed by atoms with van der Waals surface area (Å²) < 4.78 is 27.0. The van der Waals surface area contributed by atoms with Crippen LogP contribution in [-0.2, 0) is 20.6 Å². The normalized spacial score (nSPS) is 16.1. The summed E-state index contributed by atoms with van der Waals surface area (Å²) in [6.45, 7) is 0.652. The Morgan fingerprint density at radius 3 is 2.36 bits per heavy atom. The van der Waals surface area contributed by atoms with Crippen LogP contribution in [0.2, 0.25) is 10.0 Å². The molecule has 0 N–H and O–H groups in total. The van der Waals surface area contributed by atoms with Crippen molar-refractivity contribution < 1.29 is 13.2 Å². The lowest BCUT2D eigenvalue weighted by Gasteiger charge is -2.32. The molecule has 2 aromatic carbocycles. The number of carbonyl (C=O) groups excluding carboxylic acids is 1. The fraction of sp³-hybridized carbons (Fsp3) is 0.350. The van der Waals surface area contributed by atoms with Crippen molar-refractivity contribution in [1.82, 2.24) is 4.31 Å². The molecule has 0 atom stereocenters. The fourth-order valence-electron chi connectivity index (χ4n) is 3.36. The SMILES string of the molecule is CN(C(=O)C1CCN(S(=O)(=O)Cc2ccc(Cl)cc2Cl)CC1)c1ccccc1. The van der Waals surface area contributed by atoms with Gasteiger partial charge in [-0.05, 0) is 42.7 Å². The van der Waals surface area contributed by atoms with E-state index in [-0.39, 0.29) is 17.6 Å². The van der Waals surface area contributed by atoms with Crippen molar-refractivity contribution in [2.45, 2.75) is 18.6 Å². The van der Waals surface area contributed by atoms with E-state index in [0.29, 0.717) is 41.5 Å². The molecule has 0 radical (unpaired) electrons. The molecule has 0 bridgehead atoms. The van der Waals surface area contributed by atoms with Crippen LogP contribution in [0.1, 0.15) is 18.4 Å². The Labute approximate surface area is 175 Å². The van der Waals surface area contributed by atoms with Gasteiger partial charge in [0.25, 0.3) is 0 Å². The van der Waals surface area contributed by atoms with Crippen LogP contribution >= 0.6 is 23.2 Å². The number of halogens is 2. The first-order chi connectivity index (χ1) is 13.3. The topological polar surface area (TPSA) is 57.7 Å². The van der Waals surface area contributed by atoms with E-state index in [1.165, 1.54) is 10.4 Å². The van der Waals surface area contributed by atoms with Crippen LogP contribution in [-0.4, -0.2) is 38.8 Å². The van der Waals surface area contributed by atoms with Gasteiger partial charge in [-0.15, -0.1) is 0 Å². The van der Waals surface area contributed by atoms with Gasteiger partial charge < -0.3 is 4.90 Å². The van der Waals surface area contributed by atoms with E-state index < -0.39 is 10.0 Å². The third kappa shape index (κ3) is 4.87. The summed E-state index contributed by atoms with van der Waals surface area (Å²) in [6, 6.07) is 14.2. The standard InChI is InChI=1S/C20H22Cl2N2O3S/c1-23(18-5-3-2-4-6-18)20(25)15-9-11-24(12-10-15)28(26,27)14-16-7-8-17(21)13-19(16)22/h2-8,13,15H,9-12,14H2,1H3. The summed E-state index contributed by atoms with van der Waals surface area (Å²) in [7, 11) is -1.76. The number of carbonyl (C=O) groups is 1. The molecule has 0 saturated carbocycles. The Bertz CT molecular complexity index is 943. The molecule has 0 aromatic heterocycles. The summed E-state index contributed by atoms with van der Waals surface area (Å²) >= 11 is 12.0. The van der Waals surface area contributed by atoms with Gasteiger partial charge in [0.05, 0.1) is 5.75 Å². The molecule has 1 fully saturated rings. The number of hydrogen-bond donors (Lipinski definition) is 0. The molecule has 0 spiro atoms. The predicted molar refractivity (Wildman–Crippen MR) is 113 cm³/mol. The van der Waals surface area contributed by atoms with Crippen molar-refractivity contribution in [3.05, 3.63) is 64.1 Å². The molecular weight excluding hydrogens is 419 g/mol. The monoisotopic (exact) mass is 440 g/mol. The second-order valence-corrected chi connectivity index (χ2v) is 9.71. The number of piperidine rings is 1. The van der Waals surface area contributed by atoms with Crippen molar-refractivity contribution in [3.63, 3.8) is 0 Å². The highest BCUT2D eigenvalue weighted by atomic mass is 35.5. The number of sulfonamides is 1. The van der Waals surface area contributed by atoms with E-state index in [2.05, 4.69) is 0 Å². The Kier molecular flexibility index (Phi) is 6.65. The third-order valence-corrected chi connectivity index (χ3v) is 7.44. The average Bonchev–Trinajstić information content (AvgIpc) is 2.70. The fourth-order valence-corrected chi connectivity index (χ4v) is 5.51. The first-order valence-corrected chi connectivity index (χ1v) is 11.4. The second kappa shape index (κ2) is 8.82. The van der Waals surface area contributed by atoms with Crippen molar-refractivity contribution in [2.24, 2.45) is 5.92 Å². The molecule has 1 amide bonds. The molecular formula is C20H22Cl2N2O3S. The zero-order valence-corrected chi connectivity index (χ0v) is 17.8. The van der Waals surface area contributed by atoms with Crippen LogP contribution in [0.4, 0.5) is 5.69 Å². The van der Waals surface area contributed by atoms with Crippen molar-refractivity contribution in [1.29, 1.82) is 0 Å². The molecule has 3 rings (SSSR count). The van der Waals surface area contributed by atoms with Crippen LogP contribution in [0.25, 0.3) is 0 Å². The molecule has 28 heavy (non-hydrogen) atoms. The Morgan fingerprint density at radius 2 is 1.75 bits per heavy atom. The van der Waals surface area contributed by atoms with Gasteiger partial charge in [-0.3, -0.25) is 4.79 Å². The summed E-state index contributed by atoms with van der Waals surface area (Å²) in [5.74, 6) is -0.342. The number of hydrogen-bond acceptors (Lipinski definition) is 3. The van der Waals surface area contributed by atoms with E-state index in [1.54, 1.807) is 24.1 Å². The van der Waals surface area contributed by atoms with Gasteiger partial charge in [0.15, 0.2) is 0 Å². The van der Waals surface area contributed by atoms with E-state index in [9.17, 15) is 13.2 Å². The van der Waals surface area contributed by atoms with Crippen LogP contribution in [0, 0.1) is 5.92 Å². The van der Waals surface area contributed by atoms with Gasteiger partial charge >= 0.3 is 0 Å². The third-order valence-electron chi connectivity index (χ3n) is 5.02. The summed E-state index contributed by atoms with van der Waals surface area (Å²) in [4.78, 5) is 14.4. The largest absolute Gasteiger partial charge is 0.315 e. The zero-order chi connectivity index (χ0) is 20.3. The number of nitrogens with zero attached hydrogens (tertiary/aromatic N) is 2. The first kappa shape index (κ1) is 21.1. The highest BCUT2D eigenvalue weighted by Crippen LogP contribution is 2.27. The lowest BCUT2D eigenvalue weighted by molar-refractivity contribution is -0.123. The maximum absolute atomic E-state index is 12.8. The van der Waals surface area contributed by atoms with Crippen molar-refractivity contribution in [2.75, 3.05) is 25.0 Å². The molecule has 0 unspecified atom stereocenters. The molecule has 0 aliphatic carbocycles. The summed E-state index contributed by atoms with van der Waals surface area (Å²) in [5, 5.41) is 0.804. The molecule has 1 saturated heterocycles. The lowest BCUT2D eigenvalue weighted by Crippen LogP contribution is -2.43. The molecule has 5 nitrogen and oxygen atoms in total. The number of anilines is 1. The second-order valence-electron chi connectivity index (χ2n) is 6.90. The highest BCUT2D eigenvalue weighted by Gasteiger charge is 2.32. The smallest absolute Gasteiger partial charge is 0.229 e. The summed E-state index contributed by atoms with van der Waals surface area (Å²) in [5.41, 5.74) is 1.35. The average molecular weight is 441 g/mol. The Morgan fingerprint density at radius 1 is 1.11 bits per heavy atom. The van der Waals surface area contributed by atoms with Gasteiger partial charge in [0.1, 0.15) is 0 Å². The van der Waals surface area contributed by atoms with Crippen molar-refractivity contribution >= 4 is 44.8 Å². The molecule has 1 aliphatic rings. The van der Waals surface area contributed by atoms with Gasteiger partial charge in [0, 0.05) is 41.8 Å². The van der Waals surface area contributed by atoms with E-state index in [1.807, 2.05) is 30.3 Å². The maximum atomic E-state index is 12.8. The quantitative estimate of drug-likeness (QED) is 0.699. The van der Waals surface area contributed by atoms with Gasteiger partial charge in [-0.2, -0.15) is 0 Å². The van der Waals surface area contributed by atoms with Crippen LogP contribution in [0.3, 0.4) is 0 Å². The highest BCUT2D eigenvalue weighted by molar-refractivity contribution is 7.88. The first-order valence-electron chi connectivity index (χ1n) is 9.02. The van der Waals surface area contributed by atoms with Crippen LogP contribution in [0.5, 0.6) is 0 Å². The van der Waals surface area contributed by atoms with E-state index in [0.717, 1.165) is 5.69 Å². The molecule has 8 heteroatoms. The number of para-hydroxylation sites is 1. The lowest BCUT2D eigenvalue weighted by atomic mass is 9.96. The molecule has 2 aromatic rings. The Hall–Kier alpha value is -1.60. The molecule has 1 aliphatic heterocycles. The number of benzene rings is 2. The molecule has 1 heterocycles. The van der Waals surface area contributed by atoms with Gasteiger partial charge in [-0.1, -0.05) is 47.5 Å². The van der Waals surface area contributed by atoms with Gasteiger partial charge in [-0.25, -0.2) is 12.7 Å². The van der Waals surface area contributed by atoms with E-state index >= 15 is 0 Å². The maximum Gasteiger partial charge on any atom is 0.229 e. The minimum atomic E-state index is -3.51. The molecule has 150 valence electrons. The number of amides is 1. The summed E-state index contributed by atoms with van der Waals surface area (Å²) in [6.07, 6.45) is 1.01. The van der Waals surface area contributed by atoms with E-state index in [4.69, 9.17) is 23.2 Å². The minimum absolute atomic E-state index is 0.0176. The zero-order valence-electron chi connectivity index (χ0n) is 15.5. The van der Waals surface area contributed by atoms with Crippen LogP contribution < -0.4 is 4.90 Å². The minimum Gasteiger partial charge on any atom is -0.315 e. The van der Waals surface area contributed by atoms with Crippen molar-refractivity contribution in [3.8, 4) is 0 Å². The Balaban J connectivity index is 1.62. The van der Waals surface area contributed by atoms with Crippen LogP contribution in [0.15, 0.2) is 48.5 Å². The predicted octanol–water partition coefficient (Wildman–Crippen LogP) is 4.20. The van der Waals surface area contributed by atoms with Gasteiger partial charge in [0.2, 0.25) is 15.9 Å². The number of rotatable bonds is 5.